The fraction of sp³-hybridized carbons (Fsp3) is 0.727. The molecule has 18 heavy (non-hydrogen) atoms. The average molecular weight is 259 g/mol. The number of nitrogens with one attached hydrogen (secondary N) is 1. The Labute approximate surface area is 107 Å². The van der Waals surface area contributed by atoms with Gasteiger partial charge >= 0.3 is 12.0 Å². The summed E-state index contributed by atoms with van der Waals surface area (Å²) in [7, 11) is 4.62. The third-order valence-electron chi connectivity index (χ3n) is 2.39. The second kappa shape index (κ2) is 7.52. The zero-order valence-electron chi connectivity index (χ0n) is 11.3. The van der Waals surface area contributed by atoms with E-state index in [2.05, 4.69) is 5.32 Å². The van der Waals surface area contributed by atoms with Gasteiger partial charge in [-0.2, -0.15) is 0 Å². The molecule has 7 heteroatoms. The molecular formula is C11H21N3O4. The maximum atomic E-state index is 11.7. The molecule has 0 spiro atoms. The predicted octanol–water partition coefficient (Wildman–Crippen LogP) is -0.0307. The number of carboxylic acids is 1. The van der Waals surface area contributed by atoms with Crippen molar-refractivity contribution in [3.63, 3.8) is 0 Å². The standard InChI is InChI=1S/C11H21N3O4/c1-5-6-8(10(16)17)12-11(18)14(4)7-9(15)13(2)3/h8H,5-7H2,1-4H3,(H,12,18)(H,16,17). The SMILES string of the molecule is CCCC(NC(=O)N(C)CC(=O)N(C)C)C(=O)O. The first-order chi connectivity index (χ1) is 8.29. The Kier molecular flexibility index (Phi) is 6.77. The van der Waals surface area contributed by atoms with Crippen molar-refractivity contribution in [3.05, 3.63) is 0 Å². The lowest BCUT2D eigenvalue weighted by atomic mass is 10.2. The summed E-state index contributed by atoms with van der Waals surface area (Å²) in [5.74, 6) is -1.30. The van der Waals surface area contributed by atoms with Crippen molar-refractivity contribution >= 4 is 17.9 Å². The van der Waals surface area contributed by atoms with Crippen molar-refractivity contribution in [2.75, 3.05) is 27.7 Å². The number of rotatable bonds is 6. The minimum Gasteiger partial charge on any atom is -0.480 e. The van der Waals surface area contributed by atoms with Crippen molar-refractivity contribution in [1.29, 1.82) is 0 Å². The number of urea groups is 1. The molecule has 0 bridgehead atoms. The predicted molar refractivity (Wildman–Crippen MR) is 66.2 cm³/mol. The first-order valence-electron chi connectivity index (χ1n) is 5.74. The minimum atomic E-state index is -1.07. The van der Waals surface area contributed by atoms with Crippen molar-refractivity contribution in [2.45, 2.75) is 25.8 Å². The highest BCUT2D eigenvalue weighted by Crippen LogP contribution is 1.98. The molecule has 7 nitrogen and oxygen atoms in total. The fourth-order valence-corrected chi connectivity index (χ4v) is 1.22. The van der Waals surface area contributed by atoms with Crippen LogP contribution in [-0.2, 0) is 9.59 Å². The van der Waals surface area contributed by atoms with Crippen LogP contribution < -0.4 is 5.32 Å². The lowest BCUT2D eigenvalue weighted by Crippen LogP contribution is -2.48. The van der Waals surface area contributed by atoms with E-state index in [0.717, 1.165) is 4.90 Å². The van der Waals surface area contributed by atoms with E-state index in [4.69, 9.17) is 5.11 Å². The Morgan fingerprint density at radius 1 is 1.22 bits per heavy atom. The van der Waals surface area contributed by atoms with Crippen molar-refractivity contribution in [3.8, 4) is 0 Å². The Morgan fingerprint density at radius 3 is 2.17 bits per heavy atom. The van der Waals surface area contributed by atoms with E-state index in [1.807, 2.05) is 6.92 Å². The number of carbonyl (C=O) groups excluding carboxylic acids is 2. The van der Waals surface area contributed by atoms with E-state index >= 15 is 0 Å². The molecule has 0 aliphatic carbocycles. The van der Waals surface area contributed by atoms with E-state index in [-0.39, 0.29) is 12.5 Å². The minimum absolute atomic E-state index is 0.0860. The van der Waals surface area contributed by atoms with E-state index in [1.165, 1.54) is 11.9 Å². The molecule has 104 valence electrons. The van der Waals surface area contributed by atoms with Crippen LogP contribution in [0.25, 0.3) is 0 Å². The van der Waals surface area contributed by atoms with Gasteiger partial charge in [-0.15, -0.1) is 0 Å². The summed E-state index contributed by atoms with van der Waals surface area (Å²) in [6, 6.07) is -1.48. The number of carboxylic acid groups (broad SMARTS) is 1. The van der Waals surface area contributed by atoms with Crippen LogP contribution in [0, 0.1) is 0 Å². The Hall–Kier alpha value is -1.79. The molecule has 0 fully saturated rings. The molecule has 0 heterocycles. The molecule has 3 amide bonds. The summed E-state index contributed by atoms with van der Waals surface area (Å²) in [6.45, 7) is 1.75. The fourth-order valence-electron chi connectivity index (χ4n) is 1.22. The normalized spacial score (nSPS) is 11.6. The molecule has 0 saturated carbocycles. The molecule has 0 aromatic carbocycles. The van der Waals surface area contributed by atoms with Gasteiger partial charge in [0.1, 0.15) is 12.6 Å². The number of nitrogens with zero attached hydrogens (tertiary/aromatic N) is 2. The molecule has 2 N–H and O–H groups in total. The van der Waals surface area contributed by atoms with Crippen LogP contribution in [0.15, 0.2) is 0 Å². The molecule has 0 rings (SSSR count). The van der Waals surface area contributed by atoms with E-state index in [0.29, 0.717) is 12.8 Å². The van der Waals surface area contributed by atoms with Crippen LogP contribution >= 0.6 is 0 Å². The van der Waals surface area contributed by atoms with Crippen molar-refractivity contribution in [2.24, 2.45) is 0 Å². The Balaban J connectivity index is 4.37. The molecule has 0 aliphatic heterocycles. The first-order valence-corrected chi connectivity index (χ1v) is 5.74. The van der Waals surface area contributed by atoms with Crippen LogP contribution in [0.5, 0.6) is 0 Å². The Morgan fingerprint density at radius 2 is 1.78 bits per heavy atom. The molecular weight excluding hydrogens is 238 g/mol. The summed E-state index contributed by atoms with van der Waals surface area (Å²) < 4.78 is 0. The van der Waals surface area contributed by atoms with Crippen molar-refractivity contribution < 1.29 is 19.5 Å². The largest absolute Gasteiger partial charge is 0.480 e. The highest BCUT2D eigenvalue weighted by Gasteiger charge is 2.21. The van der Waals surface area contributed by atoms with Crippen LogP contribution in [0.1, 0.15) is 19.8 Å². The van der Waals surface area contributed by atoms with Crippen LogP contribution in [0.3, 0.4) is 0 Å². The van der Waals surface area contributed by atoms with Gasteiger partial charge in [0, 0.05) is 21.1 Å². The zero-order chi connectivity index (χ0) is 14.3. The maximum Gasteiger partial charge on any atom is 0.326 e. The molecule has 0 aliphatic rings. The number of aliphatic carboxylic acids is 1. The highest BCUT2D eigenvalue weighted by atomic mass is 16.4. The van der Waals surface area contributed by atoms with Crippen molar-refractivity contribution in [1.82, 2.24) is 15.1 Å². The summed E-state index contributed by atoms with van der Waals surface area (Å²) in [5, 5.41) is 11.3. The molecule has 1 atom stereocenters. The summed E-state index contributed by atoms with van der Waals surface area (Å²) in [4.78, 5) is 36.5. The number of carbonyl (C=O) groups is 3. The number of likely N-dealkylation sites (N-methyl/N-ethyl adjacent to an activating group) is 2. The van der Waals surface area contributed by atoms with E-state index in [9.17, 15) is 14.4 Å². The number of hydrogen-bond donors (Lipinski definition) is 2. The summed E-state index contributed by atoms with van der Waals surface area (Å²) in [5.41, 5.74) is 0. The molecule has 0 saturated heterocycles. The van der Waals surface area contributed by atoms with Gasteiger partial charge in [0.25, 0.3) is 0 Å². The third-order valence-corrected chi connectivity index (χ3v) is 2.39. The van der Waals surface area contributed by atoms with Crippen LogP contribution in [0.4, 0.5) is 4.79 Å². The summed E-state index contributed by atoms with van der Waals surface area (Å²) >= 11 is 0. The van der Waals surface area contributed by atoms with Gasteiger partial charge in [0.15, 0.2) is 0 Å². The van der Waals surface area contributed by atoms with Crippen LogP contribution in [0.2, 0.25) is 0 Å². The molecule has 0 aromatic heterocycles. The summed E-state index contributed by atoms with van der Waals surface area (Å²) in [6.07, 6.45) is 1.01. The number of hydrogen-bond acceptors (Lipinski definition) is 3. The lowest BCUT2D eigenvalue weighted by Gasteiger charge is -2.22. The van der Waals surface area contributed by atoms with Gasteiger partial charge in [-0.05, 0) is 6.42 Å². The molecule has 1 unspecified atom stereocenters. The lowest BCUT2D eigenvalue weighted by molar-refractivity contribution is -0.139. The topological polar surface area (TPSA) is 90.0 Å². The Bertz CT molecular complexity index is 317. The van der Waals surface area contributed by atoms with Gasteiger partial charge in [-0.25, -0.2) is 9.59 Å². The van der Waals surface area contributed by atoms with Gasteiger partial charge in [0.05, 0.1) is 0 Å². The quantitative estimate of drug-likeness (QED) is 0.701. The average Bonchev–Trinajstić information content (AvgIpc) is 2.27. The van der Waals surface area contributed by atoms with Gasteiger partial charge in [-0.1, -0.05) is 13.3 Å². The van der Waals surface area contributed by atoms with Crippen LogP contribution in [-0.4, -0.2) is 66.5 Å². The highest BCUT2D eigenvalue weighted by molar-refractivity contribution is 5.86. The van der Waals surface area contributed by atoms with Gasteiger partial charge < -0.3 is 20.2 Å². The second-order valence-electron chi connectivity index (χ2n) is 4.27. The monoisotopic (exact) mass is 259 g/mol. The maximum absolute atomic E-state index is 11.7. The number of amides is 3. The second-order valence-corrected chi connectivity index (χ2v) is 4.27. The van der Waals surface area contributed by atoms with Gasteiger partial charge in [-0.3, -0.25) is 4.79 Å². The van der Waals surface area contributed by atoms with E-state index < -0.39 is 18.0 Å². The van der Waals surface area contributed by atoms with Gasteiger partial charge in [0.2, 0.25) is 5.91 Å². The third kappa shape index (κ3) is 5.51. The first kappa shape index (κ1) is 16.2. The molecule has 0 aromatic rings. The molecule has 0 radical (unpaired) electrons. The smallest absolute Gasteiger partial charge is 0.326 e. The van der Waals surface area contributed by atoms with E-state index in [1.54, 1.807) is 14.1 Å². The zero-order valence-corrected chi connectivity index (χ0v) is 11.3.